The number of hydrogen-bond acceptors (Lipinski definition) is 3. The van der Waals surface area contributed by atoms with Gasteiger partial charge in [-0.25, -0.2) is 0 Å². The van der Waals surface area contributed by atoms with Gasteiger partial charge in [0.1, 0.15) is 6.04 Å². The number of rotatable bonds is 2. The van der Waals surface area contributed by atoms with Gasteiger partial charge in [-0.3, -0.25) is 4.79 Å². The van der Waals surface area contributed by atoms with E-state index in [1.54, 1.807) is 11.8 Å². The number of fused-ring (bicyclic) bond motifs is 1. The molecule has 2 aromatic rings. The molecule has 3 nitrogen and oxygen atoms in total. The molecule has 108 valence electrons. The van der Waals surface area contributed by atoms with Crippen molar-refractivity contribution in [2.24, 2.45) is 5.73 Å². The van der Waals surface area contributed by atoms with Crippen LogP contribution in [0.2, 0.25) is 0 Å². The molecule has 0 fully saturated rings. The number of nitrogens with zero attached hydrogens (tertiary/aromatic N) is 1. The highest BCUT2D eigenvalue weighted by Gasteiger charge is 2.24. The Labute approximate surface area is 129 Å². The van der Waals surface area contributed by atoms with Crippen molar-refractivity contribution in [1.29, 1.82) is 0 Å². The normalized spacial score (nSPS) is 16.0. The van der Waals surface area contributed by atoms with Crippen LogP contribution >= 0.6 is 11.8 Å². The van der Waals surface area contributed by atoms with Crippen molar-refractivity contribution in [3.63, 3.8) is 0 Å². The number of thioether (sulfide) groups is 1. The first-order valence-electron chi connectivity index (χ1n) is 7.06. The van der Waals surface area contributed by atoms with Crippen LogP contribution in [0.1, 0.15) is 17.2 Å². The Bertz CT molecular complexity index is 630. The zero-order valence-corrected chi connectivity index (χ0v) is 12.6. The van der Waals surface area contributed by atoms with Gasteiger partial charge in [-0.05, 0) is 17.2 Å². The molecule has 0 aromatic heterocycles. The second-order valence-corrected chi connectivity index (χ2v) is 6.24. The van der Waals surface area contributed by atoms with Gasteiger partial charge in [-0.2, -0.15) is 0 Å². The first kappa shape index (κ1) is 14.2. The molecule has 1 aliphatic rings. The van der Waals surface area contributed by atoms with Crippen LogP contribution in [-0.4, -0.2) is 23.1 Å². The number of benzene rings is 2. The van der Waals surface area contributed by atoms with Crippen molar-refractivity contribution in [3.8, 4) is 0 Å². The molecule has 0 spiro atoms. The number of amides is 1. The van der Waals surface area contributed by atoms with E-state index in [1.165, 1.54) is 10.5 Å². The van der Waals surface area contributed by atoms with Gasteiger partial charge in [0.05, 0.1) is 0 Å². The monoisotopic (exact) mass is 298 g/mol. The smallest absolute Gasteiger partial charge is 0.244 e. The summed E-state index contributed by atoms with van der Waals surface area (Å²) in [6, 6.07) is 17.2. The molecule has 0 radical (unpaired) electrons. The maximum Gasteiger partial charge on any atom is 0.244 e. The Morgan fingerprint density at radius 3 is 2.62 bits per heavy atom. The molecule has 2 N–H and O–H groups in total. The summed E-state index contributed by atoms with van der Waals surface area (Å²) in [6.45, 7) is 1.38. The largest absolute Gasteiger partial charge is 0.336 e. The molecule has 3 rings (SSSR count). The van der Waals surface area contributed by atoms with E-state index < -0.39 is 6.04 Å². The average Bonchev–Trinajstić information content (AvgIpc) is 2.76. The van der Waals surface area contributed by atoms with Crippen LogP contribution in [0.3, 0.4) is 0 Å². The lowest BCUT2D eigenvalue weighted by atomic mass is 10.1. The standard InChI is InChI=1S/C17H18N2OS/c18-16(13-6-2-1-3-7-13)17(20)19-10-11-21-15-9-5-4-8-14(15)12-19/h1-9,16H,10-12,18H2. The second kappa shape index (κ2) is 6.33. The highest BCUT2D eigenvalue weighted by Crippen LogP contribution is 2.28. The lowest BCUT2D eigenvalue weighted by Gasteiger charge is -2.24. The number of carbonyl (C=O) groups is 1. The van der Waals surface area contributed by atoms with Crippen LogP contribution in [0.4, 0.5) is 0 Å². The molecule has 0 saturated heterocycles. The minimum absolute atomic E-state index is 0.00139. The van der Waals surface area contributed by atoms with E-state index in [9.17, 15) is 4.79 Å². The van der Waals surface area contributed by atoms with Gasteiger partial charge in [0.2, 0.25) is 5.91 Å². The van der Waals surface area contributed by atoms with Crippen LogP contribution in [0.15, 0.2) is 59.5 Å². The molecular formula is C17H18N2OS. The van der Waals surface area contributed by atoms with Crippen LogP contribution < -0.4 is 5.73 Å². The second-order valence-electron chi connectivity index (χ2n) is 5.10. The lowest BCUT2D eigenvalue weighted by Crippen LogP contribution is -2.38. The Morgan fingerprint density at radius 1 is 1.10 bits per heavy atom. The van der Waals surface area contributed by atoms with Crippen LogP contribution in [0.25, 0.3) is 0 Å². The SMILES string of the molecule is NC(C(=O)N1CCSc2ccccc2C1)c1ccccc1. The van der Waals surface area contributed by atoms with E-state index in [1.807, 2.05) is 47.4 Å². The summed E-state index contributed by atoms with van der Waals surface area (Å²) in [6.07, 6.45) is 0. The maximum absolute atomic E-state index is 12.7. The number of carbonyl (C=O) groups excluding carboxylic acids is 1. The van der Waals surface area contributed by atoms with Gasteiger partial charge in [-0.15, -0.1) is 11.8 Å². The number of hydrogen-bond donors (Lipinski definition) is 1. The highest BCUT2D eigenvalue weighted by molar-refractivity contribution is 7.99. The number of nitrogens with two attached hydrogens (primary N) is 1. The summed E-state index contributed by atoms with van der Waals surface area (Å²) in [7, 11) is 0. The third-order valence-corrected chi connectivity index (χ3v) is 4.78. The molecular weight excluding hydrogens is 280 g/mol. The average molecular weight is 298 g/mol. The Kier molecular flexibility index (Phi) is 4.27. The minimum Gasteiger partial charge on any atom is -0.336 e. The summed E-state index contributed by atoms with van der Waals surface area (Å²) >= 11 is 1.80. The fourth-order valence-electron chi connectivity index (χ4n) is 2.51. The molecule has 1 aliphatic heterocycles. The molecule has 1 heterocycles. The summed E-state index contributed by atoms with van der Waals surface area (Å²) in [5.74, 6) is 0.906. The fraction of sp³-hybridized carbons (Fsp3) is 0.235. The van der Waals surface area contributed by atoms with E-state index in [-0.39, 0.29) is 5.91 Å². The fourth-order valence-corrected chi connectivity index (χ4v) is 3.54. The van der Waals surface area contributed by atoms with E-state index in [4.69, 9.17) is 5.73 Å². The van der Waals surface area contributed by atoms with Crippen molar-refractivity contribution in [3.05, 3.63) is 65.7 Å². The molecule has 1 atom stereocenters. The van der Waals surface area contributed by atoms with E-state index in [2.05, 4.69) is 12.1 Å². The van der Waals surface area contributed by atoms with Crippen molar-refractivity contribution >= 4 is 17.7 Å². The molecule has 0 saturated carbocycles. The minimum atomic E-state index is -0.582. The van der Waals surface area contributed by atoms with Crippen molar-refractivity contribution < 1.29 is 4.79 Å². The predicted molar refractivity (Wildman–Crippen MR) is 86.0 cm³/mol. The Hall–Kier alpha value is -1.78. The summed E-state index contributed by atoms with van der Waals surface area (Å²) in [5.41, 5.74) is 8.21. The van der Waals surface area contributed by atoms with Crippen molar-refractivity contribution in [2.45, 2.75) is 17.5 Å². The first-order chi connectivity index (χ1) is 10.3. The predicted octanol–water partition coefficient (Wildman–Crippen LogP) is 2.82. The summed E-state index contributed by atoms with van der Waals surface area (Å²) in [4.78, 5) is 15.8. The molecule has 0 aliphatic carbocycles. The summed E-state index contributed by atoms with van der Waals surface area (Å²) < 4.78 is 0. The van der Waals surface area contributed by atoms with Gasteiger partial charge >= 0.3 is 0 Å². The van der Waals surface area contributed by atoms with Crippen LogP contribution in [0, 0.1) is 0 Å². The third kappa shape index (κ3) is 3.12. The zero-order chi connectivity index (χ0) is 14.7. The Morgan fingerprint density at radius 2 is 1.81 bits per heavy atom. The van der Waals surface area contributed by atoms with Crippen LogP contribution in [-0.2, 0) is 11.3 Å². The van der Waals surface area contributed by atoms with Gasteiger partial charge in [0, 0.05) is 23.7 Å². The van der Waals surface area contributed by atoms with Crippen molar-refractivity contribution in [2.75, 3.05) is 12.3 Å². The van der Waals surface area contributed by atoms with Crippen molar-refractivity contribution in [1.82, 2.24) is 4.90 Å². The molecule has 21 heavy (non-hydrogen) atoms. The van der Waals surface area contributed by atoms with E-state index >= 15 is 0 Å². The maximum atomic E-state index is 12.7. The summed E-state index contributed by atoms with van der Waals surface area (Å²) in [5, 5.41) is 0. The molecule has 4 heteroatoms. The third-order valence-electron chi connectivity index (χ3n) is 3.69. The Balaban J connectivity index is 1.79. The molecule has 1 amide bonds. The van der Waals surface area contributed by atoms with E-state index in [0.29, 0.717) is 6.54 Å². The van der Waals surface area contributed by atoms with Gasteiger partial charge in [0.15, 0.2) is 0 Å². The highest BCUT2D eigenvalue weighted by atomic mass is 32.2. The zero-order valence-electron chi connectivity index (χ0n) is 11.7. The van der Waals surface area contributed by atoms with Gasteiger partial charge in [-0.1, -0.05) is 48.5 Å². The molecule has 1 unspecified atom stereocenters. The van der Waals surface area contributed by atoms with E-state index in [0.717, 1.165) is 17.9 Å². The first-order valence-corrected chi connectivity index (χ1v) is 8.04. The topological polar surface area (TPSA) is 46.3 Å². The molecule has 2 aromatic carbocycles. The lowest BCUT2D eigenvalue weighted by molar-refractivity contribution is -0.133. The van der Waals surface area contributed by atoms with Gasteiger partial charge < -0.3 is 10.6 Å². The van der Waals surface area contributed by atoms with Crippen LogP contribution in [0.5, 0.6) is 0 Å². The van der Waals surface area contributed by atoms with Gasteiger partial charge in [0.25, 0.3) is 0 Å². The quantitative estimate of drug-likeness (QED) is 0.927. The molecule has 0 bridgehead atoms.